The Kier molecular flexibility index (Phi) is 6.89. The monoisotopic (exact) mass is 273 g/mol. The number of urea groups is 1. The van der Waals surface area contributed by atoms with Gasteiger partial charge >= 0.3 is 12.0 Å². The molecule has 0 saturated heterocycles. The average Bonchev–Trinajstić information content (AvgIpc) is 2.24. The number of amides is 3. The molecule has 0 aliphatic carbocycles. The maximum Gasteiger partial charge on any atom is 0.312 e. The lowest BCUT2D eigenvalue weighted by Gasteiger charge is -2.32. The second-order valence-electron chi connectivity index (χ2n) is 5.00. The van der Waals surface area contributed by atoms with Crippen LogP contribution in [0, 0.1) is 5.92 Å². The molecule has 110 valence electrons. The summed E-state index contributed by atoms with van der Waals surface area (Å²) < 4.78 is 0. The van der Waals surface area contributed by atoms with Gasteiger partial charge in [0, 0.05) is 12.6 Å². The molecule has 1 unspecified atom stereocenters. The number of hydrogen-bond donors (Lipinski definition) is 3. The molecule has 0 spiro atoms. The summed E-state index contributed by atoms with van der Waals surface area (Å²) in [6.45, 7) is 7.26. The van der Waals surface area contributed by atoms with Crippen LogP contribution in [-0.2, 0) is 9.59 Å². The van der Waals surface area contributed by atoms with Crippen LogP contribution in [0.25, 0.3) is 0 Å². The van der Waals surface area contributed by atoms with Gasteiger partial charge in [-0.25, -0.2) is 4.79 Å². The molecule has 7 heteroatoms. The predicted molar refractivity (Wildman–Crippen MR) is 70.4 cm³/mol. The quantitative estimate of drug-likeness (QED) is 0.622. The van der Waals surface area contributed by atoms with Crippen molar-refractivity contribution in [2.24, 2.45) is 11.7 Å². The van der Waals surface area contributed by atoms with E-state index in [0.717, 1.165) is 0 Å². The Morgan fingerprint density at radius 2 is 1.74 bits per heavy atom. The van der Waals surface area contributed by atoms with Crippen molar-refractivity contribution in [3.63, 3.8) is 0 Å². The number of hydrogen-bond acceptors (Lipinski definition) is 3. The van der Waals surface area contributed by atoms with E-state index in [1.165, 1.54) is 4.90 Å². The number of carboxylic acid groups (broad SMARTS) is 1. The molecule has 0 aromatic carbocycles. The Hall–Kier alpha value is -1.79. The van der Waals surface area contributed by atoms with Gasteiger partial charge in [-0.2, -0.15) is 0 Å². The third-order valence-electron chi connectivity index (χ3n) is 2.70. The molecule has 7 nitrogen and oxygen atoms in total. The standard InChI is InChI=1S/C12H23N3O4/c1-7(2)10(14-12(13)19)11(18)15(8(3)4)6-5-9(16)17/h7-8,10H,5-6H2,1-4H3,(H,16,17)(H3,13,14,19). The van der Waals surface area contributed by atoms with Crippen LogP contribution >= 0.6 is 0 Å². The van der Waals surface area contributed by atoms with Gasteiger partial charge in [0.05, 0.1) is 6.42 Å². The number of carboxylic acids is 1. The van der Waals surface area contributed by atoms with Gasteiger partial charge < -0.3 is 21.1 Å². The molecule has 0 aromatic rings. The van der Waals surface area contributed by atoms with E-state index in [1.54, 1.807) is 27.7 Å². The molecule has 0 aliphatic heterocycles. The second kappa shape index (κ2) is 7.60. The van der Waals surface area contributed by atoms with Crippen LogP contribution in [0.5, 0.6) is 0 Å². The van der Waals surface area contributed by atoms with E-state index in [4.69, 9.17) is 10.8 Å². The molecule has 0 saturated carbocycles. The minimum absolute atomic E-state index is 0.107. The lowest BCUT2D eigenvalue weighted by atomic mass is 10.0. The number of nitrogens with zero attached hydrogens (tertiary/aromatic N) is 1. The predicted octanol–water partition coefficient (Wildman–Crippen LogP) is 0.391. The number of primary amides is 1. The minimum Gasteiger partial charge on any atom is -0.481 e. The van der Waals surface area contributed by atoms with Gasteiger partial charge in [0.25, 0.3) is 0 Å². The van der Waals surface area contributed by atoms with Gasteiger partial charge in [-0.05, 0) is 19.8 Å². The second-order valence-corrected chi connectivity index (χ2v) is 5.00. The third-order valence-corrected chi connectivity index (χ3v) is 2.70. The highest BCUT2D eigenvalue weighted by molar-refractivity contribution is 5.87. The van der Waals surface area contributed by atoms with Crippen LogP contribution in [0.15, 0.2) is 0 Å². The Labute approximate surface area is 113 Å². The van der Waals surface area contributed by atoms with Crippen molar-refractivity contribution < 1.29 is 19.5 Å². The van der Waals surface area contributed by atoms with Gasteiger partial charge in [0.1, 0.15) is 6.04 Å². The number of nitrogens with two attached hydrogens (primary N) is 1. The summed E-state index contributed by atoms with van der Waals surface area (Å²) in [6.07, 6.45) is -0.134. The highest BCUT2D eigenvalue weighted by Crippen LogP contribution is 2.10. The molecule has 3 amide bonds. The van der Waals surface area contributed by atoms with Gasteiger partial charge in [0.15, 0.2) is 0 Å². The van der Waals surface area contributed by atoms with E-state index < -0.39 is 18.0 Å². The molecule has 19 heavy (non-hydrogen) atoms. The zero-order valence-electron chi connectivity index (χ0n) is 11.8. The molecule has 1 atom stereocenters. The first kappa shape index (κ1) is 17.2. The summed E-state index contributed by atoms with van der Waals surface area (Å²) in [5, 5.41) is 11.1. The molecule has 0 bridgehead atoms. The number of nitrogens with one attached hydrogen (secondary N) is 1. The SMILES string of the molecule is CC(C)C(NC(N)=O)C(=O)N(CCC(=O)O)C(C)C. The molecule has 0 heterocycles. The molecular weight excluding hydrogens is 250 g/mol. The van der Waals surface area contributed by atoms with Crippen molar-refractivity contribution >= 4 is 17.9 Å². The fourth-order valence-electron chi connectivity index (χ4n) is 1.68. The van der Waals surface area contributed by atoms with E-state index in [0.29, 0.717) is 0 Å². The molecule has 0 fully saturated rings. The molecule has 0 aromatic heterocycles. The summed E-state index contributed by atoms with van der Waals surface area (Å²) in [5.41, 5.74) is 5.05. The van der Waals surface area contributed by atoms with Crippen molar-refractivity contribution in [3.05, 3.63) is 0 Å². The van der Waals surface area contributed by atoms with Gasteiger partial charge in [-0.15, -0.1) is 0 Å². The number of rotatable bonds is 7. The fraction of sp³-hybridized carbons (Fsp3) is 0.750. The molecule has 0 rings (SSSR count). The maximum atomic E-state index is 12.3. The maximum absolute atomic E-state index is 12.3. The van der Waals surface area contributed by atoms with E-state index in [2.05, 4.69) is 5.32 Å². The Morgan fingerprint density at radius 1 is 1.21 bits per heavy atom. The Morgan fingerprint density at radius 3 is 2.05 bits per heavy atom. The fourth-order valence-corrected chi connectivity index (χ4v) is 1.68. The van der Waals surface area contributed by atoms with Gasteiger partial charge in [0.2, 0.25) is 5.91 Å². The van der Waals surface area contributed by atoms with Crippen molar-refractivity contribution in [1.29, 1.82) is 0 Å². The van der Waals surface area contributed by atoms with Crippen molar-refractivity contribution in [2.45, 2.75) is 46.2 Å². The Bertz CT molecular complexity index is 342. The number of aliphatic carboxylic acids is 1. The molecular formula is C12H23N3O4. The largest absolute Gasteiger partial charge is 0.481 e. The summed E-state index contributed by atoms with van der Waals surface area (Å²) in [4.78, 5) is 35.3. The summed E-state index contributed by atoms with van der Waals surface area (Å²) >= 11 is 0. The lowest BCUT2D eigenvalue weighted by Crippen LogP contribution is -2.54. The first-order valence-corrected chi connectivity index (χ1v) is 6.25. The average molecular weight is 273 g/mol. The zero-order valence-corrected chi connectivity index (χ0v) is 11.8. The third kappa shape index (κ3) is 6.08. The van der Waals surface area contributed by atoms with Crippen LogP contribution in [0.3, 0.4) is 0 Å². The van der Waals surface area contributed by atoms with Crippen molar-refractivity contribution in [2.75, 3.05) is 6.54 Å². The molecule has 0 radical (unpaired) electrons. The molecule has 0 aliphatic rings. The first-order chi connectivity index (χ1) is 8.66. The van der Waals surface area contributed by atoms with E-state index in [-0.39, 0.29) is 30.8 Å². The topological polar surface area (TPSA) is 113 Å². The van der Waals surface area contributed by atoms with Crippen LogP contribution in [-0.4, -0.2) is 46.5 Å². The van der Waals surface area contributed by atoms with E-state index in [9.17, 15) is 14.4 Å². The van der Waals surface area contributed by atoms with Crippen LogP contribution in [0.2, 0.25) is 0 Å². The van der Waals surface area contributed by atoms with E-state index in [1.807, 2.05) is 0 Å². The summed E-state index contributed by atoms with van der Waals surface area (Å²) in [7, 11) is 0. The zero-order chi connectivity index (χ0) is 15.2. The number of carbonyl (C=O) groups excluding carboxylic acids is 2. The lowest BCUT2D eigenvalue weighted by molar-refractivity contribution is -0.140. The Balaban J connectivity index is 4.92. The highest BCUT2D eigenvalue weighted by atomic mass is 16.4. The number of carbonyl (C=O) groups is 3. The van der Waals surface area contributed by atoms with Crippen LogP contribution in [0.4, 0.5) is 4.79 Å². The van der Waals surface area contributed by atoms with Gasteiger partial charge in [-0.3, -0.25) is 9.59 Å². The van der Waals surface area contributed by atoms with Crippen LogP contribution < -0.4 is 11.1 Å². The summed E-state index contributed by atoms with van der Waals surface area (Å²) in [6, 6.07) is -1.66. The summed E-state index contributed by atoms with van der Waals surface area (Å²) in [5.74, 6) is -1.42. The highest BCUT2D eigenvalue weighted by Gasteiger charge is 2.29. The first-order valence-electron chi connectivity index (χ1n) is 6.25. The van der Waals surface area contributed by atoms with Crippen molar-refractivity contribution in [3.8, 4) is 0 Å². The molecule has 4 N–H and O–H groups in total. The van der Waals surface area contributed by atoms with E-state index >= 15 is 0 Å². The minimum atomic E-state index is -0.970. The smallest absolute Gasteiger partial charge is 0.312 e. The van der Waals surface area contributed by atoms with Gasteiger partial charge in [-0.1, -0.05) is 13.8 Å². The normalized spacial score (nSPS) is 12.3. The van der Waals surface area contributed by atoms with Crippen molar-refractivity contribution in [1.82, 2.24) is 10.2 Å². The van der Waals surface area contributed by atoms with Crippen LogP contribution in [0.1, 0.15) is 34.1 Å².